The zero-order chi connectivity index (χ0) is 17.5. The molecule has 2 aromatic rings. The van der Waals surface area contributed by atoms with Gasteiger partial charge in [0.05, 0.1) is 6.61 Å². The average Bonchev–Trinajstić information content (AvgIpc) is 2.68. The van der Waals surface area contributed by atoms with E-state index in [1.807, 2.05) is 18.2 Å². The average molecular weight is 339 g/mol. The summed E-state index contributed by atoms with van der Waals surface area (Å²) in [6.45, 7) is 1.64. The Morgan fingerprint density at radius 1 is 0.960 bits per heavy atom. The van der Waals surface area contributed by atoms with Gasteiger partial charge in [-0.15, -0.1) is 0 Å². The second-order valence-corrected chi connectivity index (χ2v) is 7.05. The second kappa shape index (κ2) is 9.02. The van der Waals surface area contributed by atoms with Crippen LogP contribution in [0.3, 0.4) is 0 Å². The number of aliphatic hydroxyl groups excluding tert-OH is 1. The maximum Gasteiger partial charge on any atom is 0.119 e. The predicted octanol–water partition coefficient (Wildman–Crippen LogP) is 4.22. The van der Waals surface area contributed by atoms with E-state index in [1.54, 1.807) is 0 Å². The molecule has 2 aromatic carbocycles. The van der Waals surface area contributed by atoms with Crippen molar-refractivity contribution < 1.29 is 9.84 Å². The summed E-state index contributed by atoms with van der Waals surface area (Å²) in [5.41, 5.74) is 2.62. The normalized spacial score (nSPS) is 20.6. The van der Waals surface area contributed by atoms with Crippen LogP contribution in [0.25, 0.3) is 0 Å². The molecule has 3 heteroatoms. The Labute approximate surface area is 151 Å². The van der Waals surface area contributed by atoms with Gasteiger partial charge in [0.25, 0.3) is 0 Å². The van der Waals surface area contributed by atoms with Crippen molar-refractivity contribution in [2.75, 3.05) is 20.2 Å². The summed E-state index contributed by atoms with van der Waals surface area (Å²) in [6.07, 6.45) is 4.89. The van der Waals surface area contributed by atoms with Crippen molar-refractivity contribution in [2.45, 2.75) is 44.2 Å². The van der Waals surface area contributed by atoms with Crippen LogP contribution in [0.15, 0.2) is 54.6 Å². The highest BCUT2D eigenvalue weighted by Crippen LogP contribution is 2.35. The Morgan fingerprint density at radius 2 is 1.64 bits per heavy atom. The molecule has 1 saturated carbocycles. The van der Waals surface area contributed by atoms with Crippen LogP contribution < -0.4 is 4.74 Å². The van der Waals surface area contributed by atoms with Crippen LogP contribution in [0.1, 0.15) is 42.7 Å². The first-order chi connectivity index (χ1) is 12.3. The van der Waals surface area contributed by atoms with E-state index in [-0.39, 0.29) is 6.61 Å². The zero-order valence-electron chi connectivity index (χ0n) is 15.1. The number of likely N-dealkylation sites (N-methyl/N-ethyl adjacent to an activating group) is 1. The minimum Gasteiger partial charge on any atom is -0.489 e. The van der Waals surface area contributed by atoms with Gasteiger partial charge < -0.3 is 14.7 Å². The molecule has 1 aliphatic carbocycles. The Morgan fingerprint density at radius 3 is 2.28 bits per heavy atom. The van der Waals surface area contributed by atoms with Crippen molar-refractivity contribution in [2.24, 2.45) is 0 Å². The molecular weight excluding hydrogens is 310 g/mol. The minimum atomic E-state index is 0.251. The quantitative estimate of drug-likeness (QED) is 0.820. The molecule has 1 N–H and O–H groups in total. The van der Waals surface area contributed by atoms with Crippen LogP contribution in [-0.4, -0.2) is 36.2 Å². The Balaban J connectivity index is 1.49. The molecular formula is C22H29NO2. The Hall–Kier alpha value is -1.84. The van der Waals surface area contributed by atoms with Gasteiger partial charge in [-0.05, 0) is 61.9 Å². The predicted molar refractivity (Wildman–Crippen MR) is 102 cm³/mol. The van der Waals surface area contributed by atoms with Gasteiger partial charge in [-0.2, -0.15) is 0 Å². The van der Waals surface area contributed by atoms with Gasteiger partial charge in [0.1, 0.15) is 12.4 Å². The molecule has 0 unspecified atom stereocenters. The smallest absolute Gasteiger partial charge is 0.119 e. The first-order valence-corrected chi connectivity index (χ1v) is 9.34. The van der Waals surface area contributed by atoms with E-state index in [4.69, 9.17) is 9.84 Å². The summed E-state index contributed by atoms with van der Waals surface area (Å²) in [7, 11) is 2.13. The molecule has 0 aliphatic heterocycles. The lowest BCUT2D eigenvalue weighted by atomic mass is 9.81. The fourth-order valence-electron chi connectivity index (χ4n) is 3.77. The molecule has 3 nitrogen and oxygen atoms in total. The number of nitrogens with zero attached hydrogens (tertiary/aromatic N) is 1. The molecule has 25 heavy (non-hydrogen) atoms. The molecule has 0 atom stereocenters. The van der Waals surface area contributed by atoms with Crippen molar-refractivity contribution in [3.63, 3.8) is 0 Å². The van der Waals surface area contributed by atoms with Crippen molar-refractivity contribution in [3.05, 3.63) is 65.7 Å². The van der Waals surface area contributed by atoms with Crippen LogP contribution in [0.2, 0.25) is 0 Å². The standard InChI is InChI=1S/C22H29NO2/c1-23(15-16-24)21-11-7-19(8-12-21)20-9-13-22(14-10-20)25-17-18-5-3-2-4-6-18/h2-6,9-10,13-14,19,21,24H,7-8,11-12,15-17H2,1H3. The van der Waals surface area contributed by atoms with Crippen LogP contribution in [-0.2, 0) is 6.61 Å². The van der Waals surface area contributed by atoms with Gasteiger partial charge in [0, 0.05) is 12.6 Å². The highest BCUT2D eigenvalue weighted by atomic mass is 16.5. The van der Waals surface area contributed by atoms with Gasteiger partial charge in [-0.25, -0.2) is 0 Å². The number of hydrogen-bond acceptors (Lipinski definition) is 3. The highest BCUT2D eigenvalue weighted by Gasteiger charge is 2.24. The van der Waals surface area contributed by atoms with E-state index < -0.39 is 0 Å². The Bertz CT molecular complexity index is 618. The molecule has 134 valence electrons. The molecule has 0 saturated heterocycles. The maximum absolute atomic E-state index is 9.09. The fraction of sp³-hybridized carbons (Fsp3) is 0.455. The summed E-state index contributed by atoms with van der Waals surface area (Å²) in [5, 5.41) is 9.09. The monoisotopic (exact) mass is 339 g/mol. The maximum atomic E-state index is 9.09. The van der Waals surface area contributed by atoms with Crippen LogP contribution in [0, 0.1) is 0 Å². The lowest BCUT2D eigenvalue weighted by Gasteiger charge is -2.34. The lowest BCUT2D eigenvalue weighted by molar-refractivity contribution is 0.147. The first kappa shape index (κ1) is 18.0. The van der Waals surface area contributed by atoms with Crippen LogP contribution in [0.5, 0.6) is 5.75 Å². The molecule has 0 spiro atoms. The summed E-state index contributed by atoms with van der Waals surface area (Å²) < 4.78 is 5.88. The number of ether oxygens (including phenoxy) is 1. The minimum absolute atomic E-state index is 0.251. The first-order valence-electron chi connectivity index (χ1n) is 9.34. The second-order valence-electron chi connectivity index (χ2n) is 7.05. The van der Waals surface area contributed by atoms with Gasteiger partial charge in [0.2, 0.25) is 0 Å². The molecule has 1 aliphatic rings. The van der Waals surface area contributed by atoms with Crippen molar-refractivity contribution >= 4 is 0 Å². The van der Waals surface area contributed by atoms with E-state index >= 15 is 0 Å². The number of hydrogen-bond donors (Lipinski definition) is 1. The molecule has 0 heterocycles. The van der Waals surface area contributed by atoms with E-state index in [9.17, 15) is 0 Å². The molecule has 0 bridgehead atoms. The fourth-order valence-corrected chi connectivity index (χ4v) is 3.77. The van der Waals surface area contributed by atoms with Crippen molar-refractivity contribution in [1.29, 1.82) is 0 Å². The third-order valence-electron chi connectivity index (χ3n) is 5.37. The summed E-state index contributed by atoms with van der Waals surface area (Å²) in [6, 6.07) is 19.5. The van der Waals surface area contributed by atoms with Gasteiger partial charge in [0.15, 0.2) is 0 Å². The van der Waals surface area contributed by atoms with E-state index in [2.05, 4.69) is 48.3 Å². The van der Waals surface area contributed by atoms with Crippen LogP contribution in [0.4, 0.5) is 0 Å². The van der Waals surface area contributed by atoms with Crippen molar-refractivity contribution in [3.8, 4) is 5.75 Å². The largest absolute Gasteiger partial charge is 0.489 e. The highest BCUT2D eigenvalue weighted by molar-refractivity contribution is 5.30. The van der Waals surface area contributed by atoms with Crippen molar-refractivity contribution in [1.82, 2.24) is 4.90 Å². The van der Waals surface area contributed by atoms with Gasteiger partial charge >= 0.3 is 0 Å². The SMILES string of the molecule is CN(CCO)C1CCC(c2ccc(OCc3ccccc3)cc2)CC1. The summed E-state index contributed by atoms with van der Waals surface area (Å²) in [5.74, 6) is 1.59. The van der Waals surface area contributed by atoms with E-state index in [1.165, 1.54) is 36.8 Å². The number of benzene rings is 2. The molecule has 0 radical (unpaired) electrons. The molecule has 1 fully saturated rings. The third-order valence-corrected chi connectivity index (χ3v) is 5.37. The topological polar surface area (TPSA) is 32.7 Å². The number of aliphatic hydroxyl groups is 1. The Kier molecular flexibility index (Phi) is 6.48. The van der Waals surface area contributed by atoms with E-state index in [0.717, 1.165) is 12.3 Å². The molecule has 0 amide bonds. The van der Waals surface area contributed by atoms with Gasteiger partial charge in [-0.1, -0.05) is 42.5 Å². The number of rotatable bonds is 7. The summed E-state index contributed by atoms with van der Waals surface area (Å²) in [4.78, 5) is 2.30. The van der Waals surface area contributed by atoms with E-state index in [0.29, 0.717) is 18.6 Å². The van der Waals surface area contributed by atoms with Gasteiger partial charge in [-0.3, -0.25) is 0 Å². The molecule has 3 rings (SSSR count). The van der Waals surface area contributed by atoms with Crippen LogP contribution >= 0.6 is 0 Å². The third kappa shape index (κ3) is 5.07. The summed E-state index contributed by atoms with van der Waals surface area (Å²) >= 11 is 0. The molecule has 0 aromatic heterocycles. The zero-order valence-corrected chi connectivity index (χ0v) is 15.1. The lowest BCUT2D eigenvalue weighted by Crippen LogP contribution is -2.36.